The van der Waals surface area contributed by atoms with Gasteiger partial charge in [-0.2, -0.15) is 0 Å². The van der Waals surface area contributed by atoms with Crippen LogP contribution >= 0.6 is 11.8 Å². The van der Waals surface area contributed by atoms with E-state index in [2.05, 4.69) is 9.97 Å². The fraction of sp³-hybridized carbons (Fsp3) is 0.400. The van der Waals surface area contributed by atoms with Gasteiger partial charge in [0.2, 0.25) is 5.91 Å². The highest BCUT2D eigenvalue weighted by Crippen LogP contribution is 2.25. The summed E-state index contributed by atoms with van der Waals surface area (Å²) in [5.41, 5.74) is 0.941. The average Bonchev–Trinajstić information content (AvgIpc) is 2.98. The number of hydrogen-bond acceptors (Lipinski definition) is 4. The molecular formula is C15H17N3OS. The zero-order valence-corrected chi connectivity index (χ0v) is 12.3. The number of nitrogens with zero attached hydrogens (tertiary/aromatic N) is 3. The van der Waals surface area contributed by atoms with Gasteiger partial charge in [0.25, 0.3) is 0 Å². The molecule has 1 aliphatic rings. The first-order chi connectivity index (χ1) is 9.74. The van der Waals surface area contributed by atoms with Crippen molar-refractivity contribution in [1.29, 1.82) is 0 Å². The van der Waals surface area contributed by atoms with Gasteiger partial charge in [-0.3, -0.25) is 4.79 Å². The van der Waals surface area contributed by atoms with Gasteiger partial charge in [-0.15, -0.1) is 0 Å². The Hall–Kier alpha value is -1.62. The lowest BCUT2D eigenvalue weighted by Crippen LogP contribution is -2.29. The van der Waals surface area contributed by atoms with Crippen molar-refractivity contribution in [3.8, 4) is 0 Å². The molecule has 1 aromatic carbocycles. The molecule has 0 aliphatic carbocycles. The third kappa shape index (κ3) is 2.77. The Kier molecular flexibility index (Phi) is 3.87. The Labute approximate surface area is 122 Å². The standard InChI is InChI=1S/C15H17N3OS/c1-11-16-13-7-3-2-6-12(13)15(17-11)20-10-14(19)18-8-4-5-9-18/h2-3,6-7H,4-5,8-10H2,1H3. The van der Waals surface area contributed by atoms with E-state index >= 15 is 0 Å². The Morgan fingerprint density at radius 2 is 2.00 bits per heavy atom. The molecule has 104 valence electrons. The fourth-order valence-corrected chi connectivity index (χ4v) is 3.42. The number of aromatic nitrogens is 2. The van der Waals surface area contributed by atoms with Crippen molar-refractivity contribution in [2.45, 2.75) is 24.8 Å². The van der Waals surface area contributed by atoms with Crippen LogP contribution in [-0.4, -0.2) is 39.6 Å². The molecule has 0 spiro atoms. The lowest BCUT2D eigenvalue weighted by atomic mass is 10.2. The predicted molar refractivity (Wildman–Crippen MR) is 80.8 cm³/mol. The van der Waals surface area contributed by atoms with Crippen molar-refractivity contribution >= 4 is 28.6 Å². The molecule has 0 radical (unpaired) electrons. The Bertz CT molecular complexity index is 638. The van der Waals surface area contributed by atoms with E-state index in [-0.39, 0.29) is 5.91 Å². The lowest BCUT2D eigenvalue weighted by molar-refractivity contribution is -0.127. The van der Waals surface area contributed by atoms with E-state index in [1.807, 2.05) is 36.1 Å². The summed E-state index contributed by atoms with van der Waals surface area (Å²) in [5.74, 6) is 1.42. The van der Waals surface area contributed by atoms with Crippen LogP contribution in [-0.2, 0) is 4.79 Å². The van der Waals surface area contributed by atoms with Crippen LogP contribution in [0, 0.1) is 6.92 Å². The number of rotatable bonds is 3. The summed E-state index contributed by atoms with van der Waals surface area (Å²) in [6.45, 7) is 3.70. The molecule has 1 aliphatic heterocycles. The minimum absolute atomic E-state index is 0.216. The molecule has 3 rings (SSSR count). The molecular weight excluding hydrogens is 270 g/mol. The van der Waals surface area contributed by atoms with Crippen LogP contribution in [0.5, 0.6) is 0 Å². The number of hydrogen-bond donors (Lipinski definition) is 0. The number of fused-ring (bicyclic) bond motifs is 1. The van der Waals surface area contributed by atoms with E-state index in [0.29, 0.717) is 5.75 Å². The van der Waals surface area contributed by atoms with Gasteiger partial charge in [0, 0.05) is 18.5 Å². The third-order valence-electron chi connectivity index (χ3n) is 3.47. The topological polar surface area (TPSA) is 46.1 Å². The quantitative estimate of drug-likeness (QED) is 0.643. The molecule has 5 heteroatoms. The second-order valence-electron chi connectivity index (χ2n) is 4.97. The van der Waals surface area contributed by atoms with Crippen molar-refractivity contribution in [3.63, 3.8) is 0 Å². The van der Waals surface area contributed by atoms with E-state index in [1.165, 1.54) is 11.8 Å². The molecule has 1 fully saturated rings. The summed E-state index contributed by atoms with van der Waals surface area (Å²) in [6, 6.07) is 7.94. The van der Waals surface area contributed by atoms with E-state index in [9.17, 15) is 4.79 Å². The average molecular weight is 287 g/mol. The predicted octanol–water partition coefficient (Wildman–Crippen LogP) is 2.65. The Morgan fingerprint density at radius 3 is 2.80 bits per heavy atom. The maximum absolute atomic E-state index is 12.1. The van der Waals surface area contributed by atoms with Gasteiger partial charge in [-0.25, -0.2) is 9.97 Å². The first kappa shape index (κ1) is 13.4. The molecule has 1 saturated heterocycles. The van der Waals surface area contributed by atoms with Crippen LogP contribution in [0.1, 0.15) is 18.7 Å². The fourth-order valence-electron chi connectivity index (χ4n) is 2.46. The molecule has 0 bridgehead atoms. The minimum Gasteiger partial charge on any atom is -0.342 e. The molecule has 0 saturated carbocycles. The third-order valence-corrected chi connectivity index (χ3v) is 4.45. The van der Waals surface area contributed by atoms with Gasteiger partial charge in [-0.1, -0.05) is 30.0 Å². The van der Waals surface area contributed by atoms with E-state index < -0.39 is 0 Å². The van der Waals surface area contributed by atoms with Crippen LogP contribution in [0.2, 0.25) is 0 Å². The highest BCUT2D eigenvalue weighted by molar-refractivity contribution is 8.00. The second-order valence-corrected chi connectivity index (χ2v) is 5.93. The summed E-state index contributed by atoms with van der Waals surface area (Å²) in [4.78, 5) is 23.0. The molecule has 1 aromatic heterocycles. The van der Waals surface area contributed by atoms with Crippen LogP contribution in [0.4, 0.5) is 0 Å². The highest BCUT2D eigenvalue weighted by atomic mass is 32.2. The number of carbonyl (C=O) groups excluding carboxylic acids is 1. The zero-order chi connectivity index (χ0) is 13.9. The number of amides is 1. The van der Waals surface area contributed by atoms with Gasteiger partial charge in [-0.05, 0) is 25.8 Å². The summed E-state index contributed by atoms with van der Waals surface area (Å²) < 4.78 is 0. The number of thioether (sulfide) groups is 1. The number of likely N-dealkylation sites (tertiary alicyclic amines) is 1. The van der Waals surface area contributed by atoms with E-state index in [4.69, 9.17) is 0 Å². The van der Waals surface area contributed by atoms with Crippen LogP contribution < -0.4 is 0 Å². The minimum atomic E-state index is 0.216. The van der Waals surface area contributed by atoms with Crippen LogP contribution in [0.3, 0.4) is 0 Å². The molecule has 1 amide bonds. The summed E-state index contributed by atoms with van der Waals surface area (Å²) in [6.07, 6.45) is 2.26. The van der Waals surface area contributed by atoms with E-state index in [1.54, 1.807) is 0 Å². The van der Waals surface area contributed by atoms with E-state index in [0.717, 1.165) is 47.7 Å². The van der Waals surface area contributed by atoms with Crippen molar-refractivity contribution in [2.75, 3.05) is 18.8 Å². The zero-order valence-electron chi connectivity index (χ0n) is 11.5. The molecule has 0 atom stereocenters. The largest absolute Gasteiger partial charge is 0.342 e. The SMILES string of the molecule is Cc1nc(SCC(=O)N2CCCC2)c2ccccc2n1. The van der Waals surface area contributed by atoms with Crippen molar-refractivity contribution in [2.24, 2.45) is 0 Å². The number of carbonyl (C=O) groups is 1. The van der Waals surface area contributed by atoms with Crippen LogP contribution in [0.15, 0.2) is 29.3 Å². The Balaban J connectivity index is 1.78. The van der Waals surface area contributed by atoms with Gasteiger partial charge >= 0.3 is 0 Å². The lowest BCUT2D eigenvalue weighted by Gasteiger charge is -2.14. The molecule has 2 heterocycles. The van der Waals surface area contributed by atoms with Gasteiger partial charge in [0.15, 0.2) is 0 Å². The molecule has 0 N–H and O–H groups in total. The monoisotopic (exact) mass is 287 g/mol. The number of aryl methyl sites for hydroxylation is 1. The van der Waals surface area contributed by atoms with Crippen molar-refractivity contribution in [3.05, 3.63) is 30.1 Å². The summed E-state index contributed by atoms with van der Waals surface area (Å²) >= 11 is 1.52. The molecule has 2 aromatic rings. The van der Waals surface area contributed by atoms with Crippen molar-refractivity contribution in [1.82, 2.24) is 14.9 Å². The highest BCUT2D eigenvalue weighted by Gasteiger charge is 2.18. The van der Waals surface area contributed by atoms with Crippen molar-refractivity contribution < 1.29 is 4.79 Å². The molecule has 0 unspecified atom stereocenters. The smallest absolute Gasteiger partial charge is 0.232 e. The molecule has 20 heavy (non-hydrogen) atoms. The maximum Gasteiger partial charge on any atom is 0.232 e. The second kappa shape index (κ2) is 5.79. The normalized spacial score (nSPS) is 14.9. The first-order valence-electron chi connectivity index (χ1n) is 6.88. The number of benzene rings is 1. The Morgan fingerprint density at radius 1 is 1.25 bits per heavy atom. The summed E-state index contributed by atoms with van der Waals surface area (Å²) in [7, 11) is 0. The number of para-hydroxylation sites is 1. The van der Waals surface area contributed by atoms with Crippen LogP contribution in [0.25, 0.3) is 10.9 Å². The van der Waals surface area contributed by atoms with Gasteiger partial charge in [0.1, 0.15) is 10.9 Å². The van der Waals surface area contributed by atoms with Gasteiger partial charge < -0.3 is 4.90 Å². The molecule has 4 nitrogen and oxygen atoms in total. The summed E-state index contributed by atoms with van der Waals surface area (Å²) in [5, 5.41) is 1.93. The van der Waals surface area contributed by atoms with Gasteiger partial charge in [0.05, 0.1) is 11.3 Å². The maximum atomic E-state index is 12.1. The first-order valence-corrected chi connectivity index (χ1v) is 7.86.